The Labute approximate surface area is 98.5 Å². The van der Waals surface area contributed by atoms with E-state index in [1.165, 1.54) is 0 Å². The minimum atomic E-state index is -4.47. The maximum absolute atomic E-state index is 12.2. The van der Waals surface area contributed by atoms with Crippen molar-refractivity contribution in [2.45, 2.75) is 31.4 Å². The highest BCUT2D eigenvalue weighted by Crippen LogP contribution is 2.25. The third-order valence-electron chi connectivity index (χ3n) is 2.92. The quantitative estimate of drug-likeness (QED) is 0.813. The monoisotopic (exact) mass is 271 g/mol. The number of rotatable bonds is 5. The van der Waals surface area contributed by atoms with Gasteiger partial charge in [0.1, 0.15) is 0 Å². The van der Waals surface area contributed by atoms with E-state index in [4.69, 9.17) is 5.11 Å². The first-order chi connectivity index (χ1) is 7.84. The van der Waals surface area contributed by atoms with Crippen LogP contribution in [0.15, 0.2) is 0 Å². The summed E-state index contributed by atoms with van der Waals surface area (Å²) in [4.78, 5) is 10.3. The Morgan fingerprint density at radius 1 is 1.35 bits per heavy atom. The average molecular weight is 271 g/mol. The smallest absolute Gasteiger partial charge is 0.350 e. The summed E-state index contributed by atoms with van der Waals surface area (Å²) in [6, 6.07) is 0. The van der Waals surface area contributed by atoms with E-state index in [1.807, 2.05) is 0 Å². The topological polar surface area (TPSA) is 74.7 Å². The summed E-state index contributed by atoms with van der Waals surface area (Å²) in [5.74, 6) is -4.17. The van der Waals surface area contributed by atoms with Crippen LogP contribution in [-0.4, -0.2) is 42.6 Å². The second-order valence-electron chi connectivity index (χ2n) is 4.08. The number of alkyl halides is 2. The Morgan fingerprint density at radius 2 is 1.88 bits per heavy atom. The summed E-state index contributed by atoms with van der Waals surface area (Å²) >= 11 is 0. The normalized spacial score (nSPS) is 19.7. The Morgan fingerprint density at radius 3 is 2.29 bits per heavy atom. The van der Waals surface area contributed by atoms with Crippen LogP contribution in [0.25, 0.3) is 0 Å². The van der Waals surface area contributed by atoms with Gasteiger partial charge in [-0.15, -0.1) is 0 Å². The van der Waals surface area contributed by atoms with Crippen molar-refractivity contribution in [1.29, 1.82) is 0 Å². The zero-order valence-electron chi connectivity index (χ0n) is 9.18. The van der Waals surface area contributed by atoms with Crippen LogP contribution in [0, 0.1) is 5.92 Å². The van der Waals surface area contributed by atoms with Gasteiger partial charge in [0.2, 0.25) is 0 Å². The summed E-state index contributed by atoms with van der Waals surface area (Å²) in [5.41, 5.74) is 0. The molecule has 17 heavy (non-hydrogen) atoms. The molecule has 0 aromatic carbocycles. The van der Waals surface area contributed by atoms with Crippen molar-refractivity contribution < 1.29 is 27.1 Å². The fourth-order valence-corrected chi connectivity index (χ4v) is 2.84. The summed E-state index contributed by atoms with van der Waals surface area (Å²) in [6.07, 6.45) is 1.39. The number of carboxylic acids is 1. The molecule has 1 saturated heterocycles. The molecule has 1 aliphatic heterocycles. The van der Waals surface area contributed by atoms with E-state index >= 15 is 0 Å². The van der Waals surface area contributed by atoms with Gasteiger partial charge in [-0.1, -0.05) is 0 Å². The summed E-state index contributed by atoms with van der Waals surface area (Å²) in [5, 5.41) is 8.49. The predicted molar refractivity (Wildman–Crippen MR) is 56.1 cm³/mol. The Balaban J connectivity index is 2.43. The van der Waals surface area contributed by atoms with Gasteiger partial charge in [0, 0.05) is 19.5 Å². The fourth-order valence-electron chi connectivity index (χ4n) is 1.89. The highest BCUT2D eigenvalue weighted by Gasteiger charge is 2.34. The number of aliphatic carboxylic acids is 1. The van der Waals surface area contributed by atoms with Gasteiger partial charge >= 0.3 is 11.7 Å². The van der Waals surface area contributed by atoms with Gasteiger partial charge in [-0.25, -0.2) is 8.42 Å². The second-order valence-corrected chi connectivity index (χ2v) is 5.98. The van der Waals surface area contributed by atoms with Crippen LogP contribution in [0.4, 0.5) is 8.78 Å². The maximum Gasteiger partial charge on any atom is 0.350 e. The van der Waals surface area contributed by atoms with E-state index in [0.29, 0.717) is 19.3 Å². The Kier molecular flexibility index (Phi) is 4.81. The molecule has 0 aromatic heterocycles. The van der Waals surface area contributed by atoms with Crippen LogP contribution in [0.1, 0.15) is 25.7 Å². The van der Waals surface area contributed by atoms with Crippen molar-refractivity contribution in [3.8, 4) is 0 Å². The molecule has 0 aliphatic carbocycles. The molecule has 1 heterocycles. The lowest BCUT2D eigenvalue weighted by molar-refractivity contribution is -0.137. The van der Waals surface area contributed by atoms with Gasteiger partial charge < -0.3 is 5.11 Å². The van der Waals surface area contributed by atoms with E-state index in [0.717, 1.165) is 4.31 Å². The number of halogens is 2. The zero-order valence-corrected chi connectivity index (χ0v) is 10.00. The number of sulfonamides is 1. The lowest BCUT2D eigenvalue weighted by Crippen LogP contribution is -2.41. The molecule has 0 unspecified atom stereocenters. The van der Waals surface area contributed by atoms with Gasteiger partial charge in [-0.3, -0.25) is 4.79 Å². The third kappa shape index (κ3) is 3.88. The molecule has 0 spiro atoms. The van der Waals surface area contributed by atoms with Crippen molar-refractivity contribution >= 4 is 16.0 Å². The number of hydrogen-bond acceptors (Lipinski definition) is 3. The first-order valence-corrected chi connectivity index (χ1v) is 6.83. The highest BCUT2D eigenvalue weighted by atomic mass is 32.2. The van der Waals surface area contributed by atoms with Crippen LogP contribution in [0.5, 0.6) is 0 Å². The zero-order chi connectivity index (χ0) is 13.1. The molecule has 1 N–H and O–H groups in total. The molecule has 8 heteroatoms. The number of piperidine rings is 1. The summed E-state index contributed by atoms with van der Waals surface area (Å²) in [7, 11) is -4.47. The van der Waals surface area contributed by atoms with Crippen molar-refractivity contribution in [1.82, 2.24) is 4.31 Å². The van der Waals surface area contributed by atoms with E-state index < -0.39 is 21.8 Å². The molecule has 0 atom stereocenters. The SMILES string of the molecule is O=C(O)CCC1CCN(S(=O)(=O)C(F)F)CC1. The standard InChI is InChI=1S/C9H15F2NO4S/c10-9(11)17(15,16)12-5-3-7(4-6-12)1-2-8(13)14/h7,9H,1-6H2,(H,13,14). The molecule has 1 rings (SSSR count). The summed E-state index contributed by atoms with van der Waals surface area (Å²) in [6.45, 7) is 0.105. The van der Waals surface area contributed by atoms with E-state index in [1.54, 1.807) is 0 Å². The molecule has 0 aromatic rings. The average Bonchev–Trinajstić information content (AvgIpc) is 2.26. The minimum Gasteiger partial charge on any atom is -0.481 e. The molecule has 1 aliphatic rings. The first-order valence-electron chi connectivity index (χ1n) is 5.33. The largest absolute Gasteiger partial charge is 0.481 e. The van der Waals surface area contributed by atoms with Crippen LogP contribution in [0.2, 0.25) is 0 Å². The molecule has 0 bridgehead atoms. The molecule has 100 valence electrons. The number of nitrogens with zero attached hydrogens (tertiary/aromatic N) is 1. The lowest BCUT2D eigenvalue weighted by Gasteiger charge is -2.30. The number of carboxylic acid groups (broad SMARTS) is 1. The second kappa shape index (κ2) is 5.72. The number of hydrogen-bond donors (Lipinski definition) is 1. The highest BCUT2D eigenvalue weighted by molar-refractivity contribution is 7.89. The molecular formula is C9H15F2NO4S. The summed E-state index contributed by atoms with van der Waals surface area (Å²) < 4.78 is 47.5. The first kappa shape index (κ1) is 14.3. The van der Waals surface area contributed by atoms with E-state index in [9.17, 15) is 22.0 Å². The Bertz CT molecular complexity index is 363. The third-order valence-corrected chi connectivity index (χ3v) is 4.46. The molecule has 0 saturated carbocycles. The molecule has 0 radical (unpaired) electrons. The minimum absolute atomic E-state index is 0.0340. The van der Waals surface area contributed by atoms with Gasteiger partial charge in [-0.05, 0) is 25.2 Å². The van der Waals surface area contributed by atoms with E-state index in [2.05, 4.69) is 0 Å². The Hall–Kier alpha value is -0.760. The van der Waals surface area contributed by atoms with Crippen LogP contribution >= 0.6 is 0 Å². The van der Waals surface area contributed by atoms with Gasteiger partial charge in [0.05, 0.1) is 0 Å². The molecular weight excluding hydrogens is 256 g/mol. The molecule has 5 nitrogen and oxygen atoms in total. The molecule has 1 fully saturated rings. The van der Waals surface area contributed by atoms with Crippen LogP contribution < -0.4 is 0 Å². The van der Waals surface area contributed by atoms with Crippen molar-refractivity contribution in [2.24, 2.45) is 5.92 Å². The molecule has 0 amide bonds. The fraction of sp³-hybridized carbons (Fsp3) is 0.889. The van der Waals surface area contributed by atoms with Gasteiger partial charge in [-0.2, -0.15) is 13.1 Å². The van der Waals surface area contributed by atoms with Gasteiger partial charge in [0.15, 0.2) is 0 Å². The number of carbonyl (C=O) groups is 1. The van der Waals surface area contributed by atoms with Gasteiger partial charge in [0.25, 0.3) is 10.0 Å². The maximum atomic E-state index is 12.2. The lowest BCUT2D eigenvalue weighted by atomic mass is 9.93. The van der Waals surface area contributed by atoms with E-state index in [-0.39, 0.29) is 25.4 Å². The van der Waals surface area contributed by atoms with Crippen molar-refractivity contribution in [2.75, 3.05) is 13.1 Å². The van der Waals surface area contributed by atoms with Crippen LogP contribution in [-0.2, 0) is 14.8 Å². The van der Waals surface area contributed by atoms with Crippen molar-refractivity contribution in [3.05, 3.63) is 0 Å². The van der Waals surface area contributed by atoms with Crippen molar-refractivity contribution in [3.63, 3.8) is 0 Å². The predicted octanol–water partition coefficient (Wildman–Crippen LogP) is 1.12. The van der Waals surface area contributed by atoms with Crippen LogP contribution in [0.3, 0.4) is 0 Å².